The van der Waals surface area contributed by atoms with Crippen molar-refractivity contribution in [2.24, 2.45) is 11.5 Å². The van der Waals surface area contributed by atoms with Gasteiger partial charge in [0.2, 0.25) is 5.12 Å². The number of aromatic nitrogens is 2. The van der Waals surface area contributed by atoms with E-state index in [0.717, 1.165) is 5.56 Å². The third kappa shape index (κ3) is 7.11. The molecule has 0 aliphatic heterocycles. The molecular weight excluding hydrogens is 523 g/mol. The summed E-state index contributed by atoms with van der Waals surface area (Å²) in [6, 6.07) is 14.6. The molecule has 2 atom stereocenters. The van der Waals surface area contributed by atoms with Crippen LogP contribution in [0.1, 0.15) is 31.7 Å². The Kier molecular flexibility index (Phi) is 9.52. The minimum Gasteiger partial charge on any atom is -0.333 e. The quantitative estimate of drug-likeness (QED) is 0.257. The molecule has 0 spiro atoms. The number of hydrogen-bond donors (Lipinski definition) is 3. The number of aromatic amines is 1. The molecule has 0 saturated carbocycles. The number of thioether (sulfide) groups is 1. The maximum atomic E-state index is 13.6. The van der Waals surface area contributed by atoms with Gasteiger partial charge in [-0.3, -0.25) is 9.59 Å². The number of imidazole rings is 1. The number of aryl methyl sites for hydroxylation is 1. The Hall–Kier alpha value is -3.42. The van der Waals surface area contributed by atoms with Gasteiger partial charge in [-0.05, 0) is 68.6 Å². The number of para-hydroxylation sites is 2. The standard InChI is InChI=1S/C25H28F3N5O4S/c1-24(14-7-15-29,22(36)38-23-31-18-10-5-6-11-19(18)32-23)33(37-21(35)25(26,27)28)20(34)17(30)13-12-16-8-3-2-4-9-16/h2-6,8-11,17H,7,12-15,29-30H2,1H3,(H,31,32)/t17-,24-/m0/s1. The van der Waals surface area contributed by atoms with E-state index in [-0.39, 0.29) is 36.0 Å². The molecule has 0 radical (unpaired) electrons. The molecule has 2 aromatic carbocycles. The van der Waals surface area contributed by atoms with Gasteiger partial charge in [0.1, 0.15) is 5.54 Å². The van der Waals surface area contributed by atoms with Crippen LogP contribution in [0, 0.1) is 0 Å². The molecule has 3 rings (SSSR count). The van der Waals surface area contributed by atoms with Crippen LogP contribution >= 0.6 is 11.8 Å². The fraction of sp³-hybridized carbons (Fsp3) is 0.360. The molecule has 38 heavy (non-hydrogen) atoms. The van der Waals surface area contributed by atoms with E-state index in [1.165, 1.54) is 6.92 Å². The lowest BCUT2D eigenvalue weighted by Gasteiger charge is -2.38. The summed E-state index contributed by atoms with van der Waals surface area (Å²) in [6.45, 7) is 1.28. The van der Waals surface area contributed by atoms with Crippen molar-refractivity contribution < 1.29 is 32.4 Å². The minimum atomic E-state index is -5.42. The monoisotopic (exact) mass is 551 g/mol. The molecule has 13 heteroatoms. The van der Waals surface area contributed by atoms with Crippen molar-refractivity contribution in [2.75, 3.05) is 6.54 Å². The SMILES string of the molecule is C[C@](CCCN)(C(=O)Sc1nc2ccccc2[nH]1)N(OC(=O)C(F)(F)F)C(=O)[C@@H](N)CCc1ccccc1. The van der Waals surface area contributed by atoms with Crippen LogP contribution in [-0.4, -0.2) is 56.3 Å². The number of rotatable bonds is 10. The lowest BCUT2D eigenvalue weighted by atomic mass is 9.95. The van der Waals surface area contributed by atoms with E-state index in [4.69, 9.17) is 11.5 Å². The number of carbonyl (C=O) groups is 3. The summed E-state index contributed by atoms with van der Waals surface area (Å²) in [6.07, 6.45) is -5.12. The Morgan fingerprint density at radius 2 is 1.76 bits per heavy atom. The van der Waals surface area contributed by atoms with Crippen molar-refractivity contribution in [3.05, 3.63) is 60.2 Å². The molecular formula is C25H28F3N5O4S. The maximum Gasteiger partial charge on any atom is 0.493 e. The summed E-state index contributed by atoms with van der Waals surface area (Å²) in [5, 5.41) is -0.465. The number of H-pyrrole nitrogens is 1. The first-order chi connectivity index (χ1) is 18.0. The molecule has 0 saturated heterocycles. The second kappa shape index (κ2) is 12.4. The highest BCUT2D eigenvalue weighted by Gasteiger charge is 2.51. The fourth-order valence-electron chi connectivity index (χ4n) is 3.67. The molecule has 9 nitrogen and oxygen atoms in total. The molecule has 0 bridgehead atoms. The lowest BCUT2D eigenvalue weighted by molar-refractivity contribution is -0.251. The summed E-state index contributed by atoms with van der Waals surface area (Å²) in [4.78, 5) is 50.6. The number of carbonyl (C=O) groups excluding carboxylic acids is 3. The van der Waals surface area contributed by atoms with E-state index in [2.05, 4.69) is 14.8 Å². The molecule has 0 fully saturated rings. The van der Waals surface area contributed by atoms with Gasteiger partial charge in [-0.15, -0.1) is 0 Å². The number of halogens is 3. The van der Waals surface area contributed by atoms with Crippen molar-refractivity contribution in [3.63, 3.8) is 0 Å². The van der Waals surface area contributed by atoms with Gasteiger partial charge in [-0.1, -0.05) is 42.5 Å². The molecule has 3 aromatic rings. The van der Waals surface area contributed by atoms with Gasteiger partial charge in [0.05, 0.1) is 17.1 Å². The third-order valence-electron chi connectivity index (χ3n) is 5.82. The van der Waals surface area contributed by atoms with Crippen LogP contribution in [0.4, 0.5) is 13.2 Å². The normalized spacial score (nSPS) is 14.1. The molecule has 0 aliphatic carbocycles. The van der Waals surface area contributed by atoms with Gasteiger partial charge in [-0.2, -0.15) is 18.2 Å². The van der Waals surface area contributed by atoms with Crippen LogP contribution in [-0.2, 0) is 25.6 Å². The number of alkyl halides is 3. The predicted molar refractivity (Wildman–Crippen MR) is 135 cm³/mol. The maximum absolute atomic E-state index is 13.6. The predicted octanol–water partition coefficient (Wildman–Crippen LogP) is 3.49. The zero-order chi connectivity index (χ0) is 27.9. The second-order valence-electron chi connectivity index (χ2n) is 8.75. The van der Waals surface area contributed by atoms with Crippen molar-refractivity contribution in [1.82, 2.24) is 15.0 Å². The van der Waals surface area contributed by atoms with E-state index in [1.54, 1.807) is 54.6 Å². The van der Waals surface area contributed by atoms with Crippen LogP contribution < -0.4 is 11.5 Å². The van der Waals surface area contributed by atoms with Gasteiger partial charge in [0.25, 0.3) is 5.91 Å². The van der Waals surface area contributed by atoms with E-state index in [0.29, 0.717) is 29.2 Å². The van der Waals surface area contributed by atoms with Gasteiger partial charge in [-0.25, -0.2) is 9.78 Å². The summed E-state index contributed by atoms with van der Waals surface area (Å²) in [7, 11) is 0. The number of nitrogens with one attached hydrogen (secondary N) is 1. The fourth-order valence-corrected chi connectivity index (χ4v) is 4.56. The molecule has 1 heterocycles. The number of nitrogens with zero attached hydrogens (tertiary/aromatic N) is 2. The van der Waals surface area contributed by atoms with Crippen LogP contribution in [0.25, 0.3) is 11.0 Å². The zero-order valence-electron chi connectivity index (χ0n) is 20.5. The summed E-state index contributed by atoms with van der Waals surface area (Å²) >= 11 is 0.575. The Morgan fingerprint density at radius 1 is 1.11 bits per heavy atom. The number of amides is 1. The van der Waals surface area contributed by atoms with Crippen molar-refractivity contribution in [2.45, 2.75) is 55.5 Å². The second-order valence-corrected chi connectivity index (χ2v) is 9.72. The Morgan fingerprint density at radius 3 is 2.39 bits per heavy atom. The van der Waals surface area contributed by atoms with Crippen molar-refractivity contribution in [3.8, 4) is 0 Å². The number of nitrogens with two attached hydrogens (primary N) is 2. The highest BCUT2D eigenvalue weighted by molar-refractivity contribution is 8.13. The first kappa shape index (κ1) is 29.1. The molecule has 1 aromatic heterocycles. The van der Waals surface area contributed by atoms with Crippen molar-refractivity contribution >= 4 is 39.8 Å². The topological polar surface area (TPSA) is 144 Å². The lowest BCUT2D eigenvalue weighted by Crippen LogP contribution is -2.59. The molecule has 1 amide bonds. The largest absolute Gasteiger partial charge is 0.493 e. The minimum absolute atomic E-state index is 0.0286. The third-order valence-corrected chi connectivity index (χ3v) is 6.83. The van der Waals surface area contributed by atoms with E-state index in [1.807, 2.05) is 0 Å². The van der Waals surface area contributed by atoms with Gasteiger partial charge >= 0.3 is 12.1 Å². The summed E-state index contributed by atoms with van der Waals surface area (Å²) in [5.74, 6) is -3.79. The molecule has 0 aliphatic rings. The molecule has 5 N–H and O–H groups in total. The number of hydrogen-bond acceptors (Lipinski definition) is 8. The van der Waals surface area contributed by atoms with Gasteiger partial charge < -0.3 is 21.3 Å². The molecule has 0 unspecified atom stereocenters. The molecule has 204 valence electrons. The van der Waals surface area contributed by atoms with E-state index in [9.17, 15) is 27.6 Å². The Labute approximate surface area is 221 Å². The first-order valence-electron chi connectivity index (χ1n) is 11.8. The van der Waals surface area contributed by atoms with Crippen molar-refractivity contribution in [1.29, 1.82) is 0 Å². The number of benzene rings is 2. The zero-order valence-corrected chi connectivity index (χ0v) is 21.3. The van der Waals surface area contributed by atoms with Crippen LogP contribution in [0.3, 0.4) is 0 Å². The van der Waals surface area contributed by atoms with Crippen LogP contribution in [0.15, 0.2) is 59.8 Å². The summed E-state index contributed by atoms with van der Waals surface area (Å²) < 4.78 is 39.5. The van der Waals surface area contributed by atoms with Crippen LogP contribution in [0.5, 0.6) is 0 Å². The summed E-state index contributed by atoms with van der Waals surface area (Å²) in [5.41, 5.74) is 11.7. The van der Waals surface area contributed by atoms with Gasteiger partial charge in [0, 0.05) is 0 Å². The highest BCUT2D eigenvalue weighted by atomic mass is 32.2. The average molecular weight is 552 g/mol. The number of hydroxylamine groups is 2. The Bertz CT molecular complexity index is 1240. The average Bonchev–Trinajstić information content (AvgIpc) is 3.30. The van der Waals surface area contributed by atoms with Gasteiger partial charge in [0.15, 0.2) is 5.16 Å². The number of fused-ring (bicyclic) bond motifs is 1. The van der Waals surface area contributed by atoms with E-state index >= 15 is 0 Å². The van der Waals surface area contributed by atoms with E-state index < -0.39 is 34.7 Å². The smallest absolute Gasteiger partial charge is 0.333 e. The Balaban J connectivity index is 1.92. The highest BCUT2D eigenvalue weighted by Crippen LogP contribution is 2.34. The first-order valence-corrected chi connectivity index (χ1v) is 12.6. The van der Waals surface area contributed by atoms with Crippen LogP contribution in [0.2, 0.25) is 0 Å².